The summed E-state index contributed by atoms with van der Waals surface area (Å²) in [6.07, 6.45) is 0.691. The van der Waals surface area contributed by atoms with Crippen molar-refractivity contribution in [1.82, 2.24) is 9.80 Å². The third-order valence-corrected chi connectivity index (χ3v) is 7.17. The first-order valence-corrected chi connectivity index (χ1v) is 13.4. The van der Waals surface area contributed by atoms with E-state index in [-0.39, 0.29) is 17.1 Å². The number of phenols is 1. The van der Waals surface area contributed by atoms with Gasteiger partial charge in [0.25, 0.3) is 11.7 Å². The molecule has 0 spiro atoms. The molecule has 1 fully saturated rings. The number of aromatic hydroxyl groups is 1. The molecule has 1 atom stereocenters. The fourth-order valence-corrected chi connectivity index (χ4v) is 4.83. The van der Waals surface area contributed by atoms with Crippen molar-refractivity contribution >= 4 is 17.4 Å². The molecule has 39 heavy (non-hydrogen) atoms. The van der Waals surface area contributed by atoms with E-state index in [2.05, 4.69) is 18.7 Å². The molecule has 3 aromatic rings. The Labute approximate surface area is 230 Å². The minimum Gasteiger partial charge on any atom is -0.508 e. The highest BCUT2D eigenvalue weighted by Crippen LogP contribution is 2.40. The van der Waals surface area contributed by atoms with Gasteiger partial charge in [0, 0.05) is 12.1 Å². The van der Waals surface area contributed by atoms with Gasteiger partial charge in [0.15, 0.2) is 0 Å². The van der Waals surface area contributed by atoms with E-state index in [0.717, 1.165) is 25.2 Å². The van der Waals surface area contributed by atoms with Crippen LogP contribution < -0.4 is 4.74 Å². The van der Waals surface area contributed by atoms with Gasteiger partial charge in [-0.1, -0.05) is 55.8 Å². The van der Waals surface area contributed by atoms with Gasteiger partial charge in [0.2, 0.25) is 0 Å². The molecule has 204 valence electrons. The smallest absolute Gasteiger partial charge is 0.295 e. The Morgan fingerprint density at radius 1 is 0.923 bits per heavy atom. The summed E-state index contributed by atoms with van der Waals surface area (Å²) in [4.78, 5) is 30.2. The lowest BCUT2D eigenvalue weighted by atomic mass is 9.95. The van der Waals surface area contributed by atoms with E-state index < -0.39 is 17.7 Å². The summed E-state index contributed by atoms with van der Waals surface area (Å²) in [5.41, 5.74) is 3.33. The number of aliphatic hydroxyl groups is 1. The number of hydrogen-bond donors (Lipinski definition) is 2. The molecule has 1 heterocycles. The second-order valence-corrected chi connectivity index (χ2v) is 9.76. The summed E-state index contributed by atoms with van der Waals surface area (Å²) < 4.78 is 5.88. The summed E-state index contributed by atoms with van der Waals surface area (Å²) in [5, 5.41) is 21.1. The summed E-state index contributed by atoms with van der Waals surface area (Å²) in [5.74, 6) is -0.874. The number of ketones is 1. The van der Waals surface area contributed by atoms with Gasteiger partial charge in [-0.15, -0.1) is 0 Å². The molecule has 4 rings (SSSR count). The number of benzene rings is 3. The standard InChI is InChI=1S/C32H36N2O5/c1-4-33(5-2)19-6-20-34-29(24-11-15-26(35)16-12-24)28(31(37)32(34)38)30(36)25-13-17-27(18-14-25)39-21-23-9-7-22(3)8-10-23/h7-18,29,35-36H,4-6,19-21H2,1-3H3/b30-28-. The molecule has 1 aliphatic heterocycles. The minimum absolute atomic E-state index is 0.0434. The van der Waals surface area contributed by atoms with Crippen LogP contribution >= 0.6 is 0 Å². The van der Waals surface area contributed by atoms with Crippen LogP contribution in [0.25, 0.3) is 5.76 Å². The van der Waals surface area contributed by atoms with Gasteiger partial charge in [-0.05, 0) is 80.5 Å². The van der Waals surface area contributed by atoms with Crippen molar-refractivity contribution in [2.45, 2.75) is 39.8 Å². The van der Waals surface area contributed by atoms with Crippen molar-refractivity contribution in [2.75, 3.05) is 26.2 Å². The Balaban J connectivity index is 1.60. The van der Waals surface area contributed by atoms with Gasteiger partial charge < -0.3 is 24.7 Å². The van der Waals surface area contributed by atoms with E-state index in [0.29, 0.717) is 36.4 Å². The Bertz CT molecular complexity index is 1310. The topological polar surface area (TPSA) is 90.3 Å². The lowest BCUT2D eigenvalue weighted by Gasteiger charge is -2.26. The molecule has 0 bridgehead atoms. The van der Waals surface area contributed by atoms with Crippen molar-refractivity contribution < 1.29 is 24.5 Å². The van der Waals surface area contributed by atoms with Crippen LogP contribution in [0.2, 0.25) is 0 Å². The SMILES string of the molecule is CCN(CC)CCCN1C(=O)C(=O)/C(=C(\O)c2ccc(OCc3ccc(C)cc3)cc2)C1c1ccc(O)cc1. The molecule has 2 N–H and O–H groups in total. The highest BCUT2D eigenvalue weighted by Gasteiger charge is 2.45. The van der Waals surface area contributed by atoms with Crippen LogP contribution in [0.4, 0.5) is 0 Å². The lowest BCUT2D eigenvalue weighted by molar-refractivity contribution is -0.140. The monoisotopic (exact) mass is 528 g/mol. The number of rotatable bonds is 11. The molecule has 7 heteroatoms. The second kappa shape index (κ2) is 12.6. The van der Waals surface area contributed by atoms with Crippen LogP contribution in [0.5, 0.6) is 11.5 Å². The third kappa shape index (κ3) is 6.49. The van der Waals surface area contributed by atoms with Crippen LogP contribution in [0.15, 0.2) is 78.4 Å². The van der Waals surface area contributed by atoms with Crippen LogP contribution in [-0.2, 0) is 16.2 Å². The van der Waals surface area contributed by atoms with E-state index in [1.54, 1.807) is 36.4 Å². The number of likely N-dealkylation sites (tertiary alicyclic amines) is 1. The normalized spacial score (nSPS) is 16.7. The Kier molecular flexibility index (Phi) is 9.04. The van der Waals surface area contributed by atoms with Crippen molar-refractivity contribution in [3.8, 4) is 11.5 Å². The first-order valence-electron chi connectivity index (χ1n) is 13.4. The zero-order valence-corrected chi connectivity index (χ0v) is 22.8. The Hall–Kier alpha value is -4.10. The molecule has 0 radical (unpaired) electrons. The van der Waals surface area contributed by atoms with Gasteiger partial charge in [0.1, 0.15) is 23.9 Å². The highest BCUT2D eigenvalue weighted by atomic mass is 16.5. The van der Waals surface area contributed by atoms with Gasteiger partial charge in [-0.25, -0.2) is 0 Å². The van der Waals surface area contributed by atoms with Crippen LogP contribution in [0.1, 0.15) is 48.6 Å². The number of amides is 1. The number of phenolic OH excluding ortho intramolecular Hbond substituents is 1. The number of aryl methyl sites for hydroxylation is 1. The maximum absolute atomic E-state index is 13.2. The number of carbonyl (C=O) groups is 2. The predicted molar refractivity (Wildman–Crippen MR) is 151 cm³/mol. The largest absolute Gasteiger partial charge is 0.508 e. The van der Waals surface area contributed by atoms with E-state index in [1.807, 2.05) is 31.2 Å². The molecule has 1 aliphatic rings. The van der Waals surface area contributed by atoms with Gasteiger partial charge >= 0.3 is 0 Å². The molecule has 0 saturated carbocycles. The molecule has 1 amide bonds. The quantitative estimate of drug-likeness (QED) is 0.196. The summed E-state index contributed by atoms with van der Waals surface area (Å²) in [6, 6.07) is 20.6. The number of Topliss-reactive ketones (excluding diaryl/α,β-unsaturated/α-hetero) is 1. The maximum Gasteiger partial charge on any atom is 0.295 e. The molecular weight excluding hydrogens is 492 g/mol. The number of aliphatic hydroxyl groups excluding tert-OH is 1. The van der Waals surface area contributed by atoms with E-state index in [4.69, 9.17) is 4.74 Å². The Morgan fingerprint density at radius 3 is 2.18 bits per heavy atom. The summed E-state index contributed by atoms with van der Waals surface area (Å²) in [7, 11) is 0. The van der Waals surface area contributed by atoms with Crippen molar-refractivity contribution in [2.24, 2.45) is 0 Å². The van der Waals surface area contributed by atoms with Crippen molar-refractivity contribution in [3.05, 3.63) is 101 Å². The molecule has 1 unspecified atom stereocenters. The van der Waals surface area contributed by atoms with Crippen LogP contribution in [0.3, 0.4) is 0 Å². The van der Waals surface area contributed by atoms with Gasteiger partial charge in [-0.2, -0.15) is 0 Å². The number of carbonyl (C=O) groups excluding carboxylic acids is 2. The fourth-order valence-electron chi connectivity index (χ4n) is 4.83. The zero-order chi connectivity index (χ0) is 27.9. The third-order valence-electron chi connectivity index (χ3n) is 7.17. The van der Waals surface area contributed by atoms with Crippen LogP contribution in [-0.4, -0.2) is 57.9 Å². The molecule has 0 aromatic heterocycles. The minimum atomic E-state index is -0.750. The first-order chi connectivity index (χ1) is 18.8. The average molecular weight is 529 g/mol. The molecule has 1 saturated heterocycles. The van der Waals surface area contributed by atoms with Gasteiger partial charge in [0.05, 0.1) is 11.6 Å². The highest BCUT2D eigenvalue weighted by molar-refractivity contribution is 6.46. The number of ether oxygens (including phenoxy) is 1. The lowest BCUT2D eigenvalue weighted by Crippen LogP contribution is -2.33. The van der Waals surface area contributed by atoms with Crippen LogP contribution in [0, 0.1) is 6.92 Å². The first kappa shape index (κ1) is 27.9. The number of nitrogens with zero attached hydrogens (tertiary/aromatic N) is 2. The Morgan fingerprint density at radius 2 is 1.56 bits per heavy atom. The summed E-state index contributed by atoms with van der Waals surface area (Å²) >= 11 is 0. The second-order valence-electron chi connectivity index (χ2n) is 9.76. The average Bonchev–Trinajstić information content (AvgIpc) is 3.20. The molecule has 7 nitrogen and oxygen atoms in total. The zero-order valence-electron chi connectivity index (χ0n) is 22.8. The predicted octanol–water partition coefficient (Wildman–Crippen LogP) is 5.43. The van der Waals surface area contributed by atoms with Crippen molar-refractivity contribution in [3.63, 3.8) is 0 Å². The summed E-state index contributed by atoms with van der Waals surface area (Å²) in [6.45, 7) is 9.59. The number of hydrogen-bond acceptors (Lipinski definition) is 6. The maximum atomic E-state index is 13.2. The molecule has 0 aliphatic carbocycles. The molecular formula is C32H36N2O5. The fraction of sp³-hybridized carbons (Fsp3) is 0.312. The molecule has 3 aromatic carbocycles. The van der Waals surface area contributed by atoms with Crippen molar-refractivity contribution in [1.29, 1.82) is 0 Å². The van der Waals surface area contributed by atoms with E-state index in [9.17, 15) is 19.8 Å². The van der Waals surface area contributed by atoms with Gasteiger partial charge in [-0.3, -0.25) is 9.59 Å². The van der Waals surface area contributed by atoms with E-state index in [1.165, 1.54) is 22.6 Å². The van der Waals surface area contributed by atoms with E-state index >= 15 is 0 Å².